The first-order valence-corrected chi connectivity index (χ1v) is 6.73. The fraction of sp³-hybridized carbons (Fsp3) is 0.533. The maximum absolute atomic E-state index is 12.3. The molecular formula is C15H20O4. The zero-order valence-corrected chi connectivity index (χ0v) is 11.5. The van der Waals surface area contributed by atoms with Crippen LogP contribution in [0, 0.1) is 0 Å². The summed E-state index contributed by atoms with van der Waals surface area (Å²) in [5.74, 6) is 1.35. The third kappa shape index (κ3) is 3.26. The Bertz CT molecular complexity index is 442. The van der Waals surface area contributed by atoms with Crippen LogP contribution in [-0.2, 0) is 4.74 Å². The van der Waals surface area contributed by atoms with Gasteiger partial charge in [0.05, 0.1) is 13.2 Å². The lowest BCUT2D eigenvalue weighted by atomic mass is 10.0. The average molecular weight is 264 g/mol. The van der Waals surface area contributed by atoms with Crippen molar-refractivity contribution in [3.05, 3.63) is 23.8 Å². The van der Waals surface area contributed by atoms with Crippen molar-refractivity contribution in [3.8, 4) is 11.5 Å². The van der Waals surface area contributed by atoms with Gasteiger partial charge in [0.25, 0.3) is 0 Å². The minimum absolute atomic E-state index is 0.00000283. The van der Waals surface area contributed by atoms with E-state index in [4.69, 9.17) is 14.2 Å². The summed E-state index contributed by atoms with van der Waals surface area (Å²) in [4.78, 5) is 12.3. The van der Waals surface area contributed by atoms with Crippen LogP contribution in [0.2, 0.25) is 0 Å². The number of hydrogen-bond donors (Lipinski definition) is 0. The van der Waals surface area contributed by atoms with E-state index in [9.17, 15) is 4.79 Å². The second-order valence-electron chi connectivity index (χ2n) is 4.59. The van der Waals surface area contributed by atoms with E-state index in [1.165, 1.54) is 0 Å². The second-order valence-corrected chi connectivity index (χ2v) is 4.59. The summed E-state index contributed by atoms with van der Waals surface area (Å²) in [7, 11) is 1.57. The second kappa shape index (κ2) is 6.57. The van der Waals surface area contributed by atoms with Gasteiger partial charge in [0, 0.05) is 19.1 Å². The fourth-order valence-electron chi connectivity index (χ4n) is 2.12. The molecule has 1 heterocycles. The van der Waals surface area contributed by atoms with Crippen LogP contribution >= 0.6 is 0 Å². The Hall–Kier alpha value is -1.55. The highest BCUT2D eigenvalue weighted by atomic mass is 16.5. The Morgan fingerprint density at radius 1 is 1.32 bits per heavy atom. The Morgan fingerprint density at radius 3 is 2.74 bits per heavy atom. The number of carbonyl (C=O) groups is 1. The number of rotatable bonds is 5. The van der Waals surface area contributed by atoms with Gasteiger partial charge in [-0.3, -0.25) is 4.79 Å². The highest BCUT2D eigenvalue weighted by molar-refractivity contribution is 6.00. The molecule has 0 N–H and O–H groups in total. The van der Waals surface area contributed by atoms with Crippen LogP contribution < -0.4 is 9.47 Å². The summed E-state index contributed by atoms with van der Waals surface area (Å²) in [6, 6.07) is 5.33. The molecule has 4 nitrogen and oxygen atoms in total. The number of benzene rings is 1. The summed E-state index contributed by atoms with van der Waals surface area (Å²) in [6.45, 7) is 3.30. The zero-order valence-electron chi connectivity index (χ0n) is 11.5. The zero-order chi connectivity index (χ0) is 13.7. The van der Waals surface area contributed by atoms with Crippen molar-refractivity contribution in [2.75, 3.05) is 20.3 Å². The van der Waals surface area contributed by atoms with Crippen molar-refractivity contribution in [2.45, 2.75) is 32.3 Å². The van der Waals surface area contributed by atoms with Crippen LogP contribution in [0.1, 0.15) is 36.5 Å². The van der Waals surface area contributed by atoms with Crippen molar-refractivity contribution in [2.24, 2.45) is 0 Å². The van der Waals surface area contributed by atoms with E-state index >= 15 is 0 Å². The molecule has 1 aliphatic rings. The largest absolute Gasteiger partial charge is 0.490 e. The molecule has 0 fully saturated rings. The van der Waals surface area contributed by atoms with Crippen LogP contribution in [-0.4, -0.2) is 32.2 Å². The molecule has 104 valence electrons. The van der Waals surface area contributed by atoms with Gasteiger partial charge in [-0.2, -0.15) is 0 Å². The Labute approximate surface area is 113 Å². The maximum atomic E-state index is 12.3. The smallest absolute Gasteiger partial charge is 0.191 e. The minimum atomic E-state index is -0.380. The van der Waals surface area contributed by atoms with E-state index in [0.717, 1.165) is 19.3 Å². The first-order valence-electron chi connectivity index (χ1n) is 6.73. The van der Waals surface area contributed by atoms with Crippen LogP contribution in [0.3, 0.4) is 0 Å². The molecule has 0 saturated carbocycles. The van der Waals surface area contributed by atoms with Crippen molar-refractivity contribution >= 4 is 5.78 Å². The molecule has 1 aromatic rings. The molecule has 4 heteroatoms. The molecule has 19 heavy (non-hydrogen) atoms. The number of carbonyl (C=O) groups excluding carboxylic acids is 1. The molecule has 0 amide bonds. The monoisotopic (exact) mass is 264 g/mol. The topological polar surface area (TPSA) is 44.8 Å². The lowest BCUT2D eigenvalue weighted by Gasteiger charge is -2.14. The molecule has 0 radical (unpaired) electrons. The standard InChI is InChI=1S/C15H20O4/c1-3-5-13(17-2)15(16)11-6-7-12-14(10-11)19-9-4-8-18-12/h6-7,10,13H,3-5,8-9H2,1-2H3. The number of ether oxygens (including phenoxy) is 3. The van der Waals surface area contributed by atoms with Gasteiger partial charge in [0.2, 0.25) is 0 Å². The first-order chi connectivity index (χ1) is 9.26. The molecule has 1 atom stereocenters. The first kappa shape index (κ1) is 13.9. The number of ketones is 1. The molecule has 0 saturated heterocycles. The molecule has 1 aliphatic heterocycles. The predicted octanol–water partition coefficient (Wildman–Crippen LogP) is 2.85. The van der Waals surface area contributed by atoms with Crippen molar-refractivity contribution < 1.29 is 19.0 Å². The number of methoxy groups -OCH3 is 1. The molecule has 2 rings (SSSR count). The lowest BCUT2D eigenvalue weighted by Crippen LogP contribution is -2.22. The highest BCUT2D eigenvalue weighted by Gasteiger charge is 2.21. The van der Waals surface area contributed by atoms with Crippen molar-refractivity contribution in [3.63, 3.8) is 0 Å². The van der Waals surface area contributed by atoms with Crippen LogP contribution in [0.25, 0.3) is 0 Å². The van der Waals surface area contributed by atoms with Gasteiger partial charge in [-0.25, -0.2) is 0 Å². The molecule has 1 aromatic carbocycles. The maximum Gasteiger partial charge on any atom is 0.191 e. The summed E-state index contributed by atoms with van der Waals surface area (Å²) >= 11 is 0. The van der Waals surface area contributed by atoms with E-state index in [2.05, 4.69) is 0 Å². The Balaban J connectivity index is 2.20. The minimum Gasteiger partial charge on any atom is -0.490 e. The molecule has 0 aromatic heterocycles. The van der Waals surface area contributed by atoms with Crippen LogP contribution in [0.5, 0.6) is 11.5 Å². The van der Waals surface area contributed by atoms with Crippen molar-refractivity contribution in [1.29, 1.82) is 0 Å². The number of Topliss-reactive ketones (excluding diaryl/α,β-unsaturated/α-hetero) is 1. The molecule has 0 spiro atoms. The summed E-state index contributed by atoms with van der Waals surface area (Å²) in [6.07, 6.45) is 2.11. The van der Waals surface area contributed by atoms with Gasteiger partial charge < -0.3 is 14.2 Å². The SMILES string of the molecule is CCCC(OC)C(=O)c1ccc2c(c1)OCCCO2. The predicted molar refractivity (Wildman–Crippen MR) is 72.1 cm³/mol. The highest BCUT2D eigenvalue weighted by Crippen LogP contribution is 2.31. The van der Waals surface area contributed by atoms with Gasteiger partial charge in [-0.15, -0.1) is 0 Å². The number of fused-ring (bicyclic) bond motifs is 1. The molecule has 0 aliphatic carbocycles. The quantitative estimate of drug-likeness (QED) is 0.767. The molecule has 1 unspecified atom stereocenters. The third-order valence-electron chi connectivity index (χ3n) is 3.16. The molecular weight excluding hydrogens is 244 g/mol. The van der Waals surface area contributed by atoms with Crippen LogP contribution in [0.4, 0.5) is 0 Å². The third-order valence-corrected chi connectivity index (χ3v) is 3.16. The van der Waals surface area contributed by atoms with Crippen LogP contribution in [0.15, 0.2) is 18.2 Å². The van der Waals surface area contributed by atoms with E-state index in [0.29, 0.717) is 30.3 Å². The Morgan fingerprint density at radius 2 is 2.05 bits per heavy atom. The average Bonchev–Trinajstić information content (AvgIpc) is 2.68. The Kier molecular flexibility index (Phi) is 4.80. The van der Waals surface area contributed by atoms with E-state index < -0.39 is 0 Å². The van der Waals surface area contributed by atoms with Gasteiger partial charge in [-0.05, 0) is 24.6 Å². The van der Waals surface area contributed by atoms with Crippen molar-refractivity contribution in [1.82, 2.24) is 0 Å². The van der Waals surface area contributed by atoms with Gasteiger partial charge in [-0.1, -0.05) is 13.3 Å². The van der Waals surface area contributed by atoms with Gasteiger partial charge in [0.15, 0.2) is 17.3 Å². The lowest BCUT2D eigenvalue weighted by molar-refractivity contribution is 0.0578. The normalized spacial score (nSPS) is 15.7. The van der Waals surface area contributed by atoms with E-state index in [1.54, 1.807) is 25.3 Å². The van der Waals surface area contributed by atoms with E-state index in [-0.39, 0.29) is 11.9 Å². The summed E-state index contributed by atoms with van der Waals surface area (Å²) < 4.78 is 16.4. The summed E-state index contributed by atoms with van der Waals surface area (Å²) in [5.41, 5.74) is 0.615. The molecule has 0 bridgehead atoms. The number of hydrogen-bond acceptors (Lipinski definition) is 4. The fourth-order valence-corrected chi connectivity index (χ4v) is 2.12. The van der Waals surface area contributed by atoms with Gasteiger partial charge >= 0.3 is 0 Å². The summed E-state index contributed by atoms with van der Waals surface area (Å²) in [5, 5.41) is 0. The van der Waals surface area contributed by atoms with Gasteiger partial charge in [0.1, 0.15) is 6.10 Å². The van der Waals surface area contributed by atoms with E-state index in [1.807, 2.05) is 6.92 Å².